The zero-order valence-electron chi connectivity index (χ0n) is 12.2. The van der Waals surface area contributed by atoms with E-state index in [4.69, 9.17) is 9.72 Å². The molecule has 1 aliphatic heterocycles. The number of aromatic nitrogens is 1. The van der Waals surface area contributed by atoms with Gasteiger partial charge in [-0.15, -0.1) is 11.3 Å². The number of rotatable bonds is 7. The lowest BCUT2D eigenvalue weighted by Gasteiger charge is -2.21. The Morgan fingerprint density at radius 3 is 2.95 bits per heavy atom. The summed E-state index contributed by atoms with van der Waals surface area (Å²) < 4.78 is 5.82. The SMILES string of the molecule is CCCc1nc(CC2CCCCO2)sc1CNCC. The Morgan fingerprint density at radius 1 is 1.37 bits per heavy atom. The Morgan fingerprint density at radius 2 is 2.26 bits per heavy atom. The zero-order chi connectivity index (χ0) is 13.5. The number of hydrogen-bond donors (Lipinski definition) is 1. The highest BCUT2D eigenvalue weighted by molar-refractivity contribution is 7.11. The molecule has 1 saturated heterocycles. The van der Waals surface area contributed by atoms with E-state index in [1.54, 1.807) is 0 Å². The molecule has 0 radical (unpaired) electrons. The minimum atomic E-state index is 0.404. The third-order valence-electron chi connectivity index (χ3n) is 3.52. The predicted octanol–water partition coefficient (Wildman–Crippen LogP) is 3.32. The molecule has 2 heterocycles. The molecule has 0 bridgehead atoms. The minimum absolute atomic E-state index is 0.404. The van der Waals surface area contributed by atoms with E-state index in [-0.39, 0.29) is 0 Å². The van der Waals surface area contributed by atoms with Gasteiger partial charge < -0.3 is 10.1 Å². The van der Waals surface area contributed by atoms with Crippen LogP contribution in [0.15, 0.2) is 0 Å². The van der Waals surface area contributed by atoms with E-state index in [1.165, 1.54) is 41.3 Å². The van der Waals surface area contributed by atoms with Crippen molar-refractivity contribution in [3.63, 3.8) is 0 Å². The molecule has 2 rings (SSSR count). The van der Waals surface area contributed by atoms with Crippen LogP contribution in [0.1, 0.15) is 55.1 Å². The Labute approximate surface area is 120 Å². The van der Waals surface area contributed by atoms with Gasteiger partial charge in [-0.25, -0.2) is 4.98 Å². The first-order valence-electron chi connectivity index (χ1n) is 7.63. The van der Waals surface area contributed by atoms with Crippen LogP contribution >= 0.6 is 11.3 Å². The van der Waals surface area contributed by atoms with Gasteiger partial charge in [0.1, 0.15) is 0 Å². The molecule has 108 valence electrons. The number of ether oxygens (including phenoxy) is 1. The summed E-state index contributed by atoms with van der Waals surface area (Å²) in [6, 6.07) is 0. The van der Waals surface area contributed by atoms with Crippen LogP contribution in [0.25, 0.3) is 0 Å². The van der Waals surface area contributed by atoms with Gasteiger partial charge in [-0.3, -0.25) is 0 Å². The zero-order valence-corrected chi connectivity index (χ0v) is 13.0. The summed E-state index contributed by atoms with van der Waals surface area (Å²) in [5.74, 6) is 0. The molecular formula is C15H26N2OS. The van der Waals surface area contributed by atoms with E-state index in [2.05, 4.69) is 19.2 Å². The van der Waals surface area contributed by atoms with Gasteiger partial charge in [0.05, 0.1) is 16.8 Å². The van der Waals surface area contributed by atoms with Crippen molar-refractivity contribution in [2.75, 3.05) is 13.2 Å². The van der Waals surface area contributed by atoms with Crippen LogP contribution in [0.5, 0.6) is 0 Å². The van der Waals surface area contributed by atoms with Crippen LogP contribution in [0.3, 0.4) is 0 Å². The van der Waals surface area contributed by atoms with E-state index in [1.807, 2.05) is 11.3 Å². The number of nitrogens with one attached hydrogen (secondary N) is 1. The van der Waals surface area contributed by atoms with Gasteiger partial charge in [-0.1, -0.05) is 20.3 Å². The number of aryl methyl sites for hydroxylation is 1. The van der Waals surface area contributed by atoms with Crippen LogP contribution < -0.4 is 5.32 Å². The van der Waals surface area contributed by atoms with Crippen LogP contribution in [0.2, 0.25) is 0 Å². The molecule has 1 aliphatic rings. The highest BCUT2D eigenvalue weighted by Crippen LogP contribution is 2.24. The fourth-order valence-corrected chi connectivity index (χ4v) is 3.65. The average Bonchev–Trinajstić information content (AvgIpc) is 2.80. The molecule has 4 heteroatoms. The van der Waals surface area contributed by atoms with Crippen molar-refractivity contribution in [3.8, 4) is 0 Å². The molecule has 0 aliphatic carbocycles. The Balaban J connectivity index is 1.98. The number of nitrogens with zero attached hydrogens (tertiary/aromatic N) is 1. The summed E-state index contributed by atoms with van der Waals surface area (Å²) in [4.78, 5) is 6.27. The van der Waals surface area contributed by atoms with Gasteiger partial charge in [0.2, 0.25) is 0 Å². The molecule has 1 fully saturated rings. The number of thiazole rings is 1. The summed E-state index contributed by atoms with van der Waals surface area (Å²) >= 11 is 1.88. The van der Waals surface area contributed by atoms with Gasteiger partial charge in [-0.05, 0) is 32.2 Å². The van der Waals surface area contributed by atoms with Crippen molar-refractivity contribution >= 4 is 11.3 Å². The first-order valence-corrected chi connectivity index (χ1v) is 8.44. The van der Waals surface area contributed by atoms with Crippen LogP contribution in [-0.4, -0.2) is 24.2 Å². The van der Waals surface area contributed by atoms with E-state index in [9.17, 15) is 0 Å². The largest absolute Gasteiger partial charge is 0.378 e. The van der Waals surface area contributed by atoms with Gasteiger partial charge >= 0.3 is 0 Å². The lowest BCUT2D eigenvalue weighted by atomic mass is 10.1. The summed E-state index contributed by atoms with van der Waals surface area (Å²) in [6.45, 7) is 7.29. The standard InChI is InChI=1S/C15H26N2OS/c1-3-7-13-14(11-16-4-2)19-15(17-13)10-12-8-5-6-9-18-12/h12,16H,3-11H2,1-2H3. The van der Waals surface area contributed by atoms with Gasteiger partial charge in [0.25, 0.3) is 0 Å². The summed E-state index contributed by atoms with van der Waals surface area (Å²) in [5, 5.41) is 4.69. The molecule has 1 atom stereocenters. The van der Waals surface area contributed by atoms with Crippen molar-refractivity contribution in [1.29, 1.82) is 0 Å². The Bertz CT molecular complexity index is 372. The molecule has 1 aromatic heterocycles. The third kappa shape index (κ3) is 4.55. The predicted molar refractivity (Wildman–Crippen MR) is 80.8 cm³/mol. The third-order valence-corrected chi connectivity index (χ3v) is 4.64. The van der Waals surface area contributed by atoms with Crippen LogP contribution in [-0.2, 0) is 24.1 Å². The molecule has 19 heavy (non-hydrogen) atoms. The van der Waals surface area contributed by atoms with Crippen molar-refractivity contribution < 1.29 is 4.74 Å². The maximum atomic E-state index is 5.82. The molecule has 1 N–H and O–H groups in total. The first kappa shape index (κ1) is 14.9. The quantitative estimate of drug-likeness (QED) is 0.833. The maximum absolute atomic E-state index is 5.82. The van der Waals surface area contributed by atoms with E-state index in [0.29, 0.717) is 6.10 Å². The Hall–Kier alpha value is -0.450. The van der Waals surface area contributed by atoms with Gasteiger partial charge in [0, 0.05) is 24.4 Å². The van der Waals surface area contributed by atoms with Crippen molar-refractivity contribution in [2.24, 2.45) is 0 Å². The molecule has 0 amide bonds. The maximum Gasteiger partial charge on any atom is 0.0957 e. The topological polar surface area (TPSA) is 34.1 Å². The molecule has 1 aromatic rings. The lowest BCUT2D eigenvalue weighted by Crippen LogP contribution is -2.21. The average molecular weight is 282 g/mol. The smallest absolute Gasteiger partial charge is 0.0957 e. The van der Waals surface area contributed by atoms with Crippen molar-refractivity contribution in [1.82, 2.24) is 10.3 Å². The summed E-state index contributed by atoms with van der Waals surface area (Å²) in [6.07, 6.45) is 7.41. The van der Waals surface area contributed by atoms with Crippen LogP contribution in [0, 0.1) is 0 Å². The Kier molecular flexibility index (Phi) is 6.28. The molecule has 0 aromatic carbocycles. The second-order valence-corrected chi connectivity index (χ2v) is 6.37. The fourth-order valence-electron chi connectivity index (χ4n) is 2.50. The monoisotopic (exact) mass is 282 g/mol. The molecule has 1 unspecified atom stereocenters. The fraction of sp³-hybridized carbons (Fsp3) is 0.800. The molecular weight excluding hydrogens is 256 g/mol. The highest BCUT2D eigenvalue weighted by Gasteiger charge is 2.18. The van der Waals surface area contributed by atoms with E-state index < -0.39 is 0 Å². The lowest BCUT2D eigenvalue weighted by molar-refractivity contribution is 0.0167. The normalized spacial score (nSPS) is 19.8. The van der Waals surface area contributed by atoms with Crippen molar-refractivity contribution in [2.45, 2.75) is 65.0 Å². The second-order valence-electron chi connectivity index (χ2n) is 5.20. The second kappa shape index (κ2) is 7.98. The molecule has 0 spiro atoms. The highest BCUT2D eigenvalue weighted by atomic mass is 32.1. The van der Waals surface area contributed by atoms with E-state index >= 15 is 0 Å². The molecule has 3 nitrogen and oxygen atoms in total. The molecule has 0 saturated carbocycles. The minimum Gasteiger partial charge on any atom is -0.378 e. The summed E-state index contributed by atoms with van der Waals surface area (Å²) in [5.41, 5.74) is 1.30. The van der Waals surface area contributed by atoms with Crippen LogP contribution in [0.4, 0.5) is 0 Å². The van der Waals surface area contributed by atoms with Crippen molar-refractivity contribution in [3.05, 3.63) is 15.6 Å². The number of hydrogen-bond acceptors (Lipinski definition) is 4. The van der Waals surface area contributed by atoms with E-state index in [0.717, 1.165) is 32.5 Å². The van der Waals surface area contributed by atoms with Gasteiger partial charge in [-0.2, -0.15) is 0 Å². The first-order chi connectivity index (χ1) is 9.33. The summed E-state index contributed by atoms with van der Waals surface area (Å²) in [7, 11) is 0. The van der Waals surface area contributed by atoms with Gasteiger partial charge in [0.15, 0.2) is 0 Å².